The number of carbonyl (C=O) groups excluding carboxylic acids is 1. The lowest BCUT2D eigenvalue weighted by molar-refractivity contribution is -0.120. The molecular formula is C16H19N5O2. The molecule has 0 radical (unpaired) electrons. The number of aromatic nitrogens is 3. The van der Waals surface area contributed by atoms with E-state index in [1.54, 1.807) is 44.2 Å². The number of hydrogen-bond donors (Lipinski definition) is 1. The van der Waals surface area contributed by atoms with Crippen LogP contribution >= 0.6 is 0 Å². The van der Waals surface area contributed by atoms with Crippen molar-refractivity contribution in [3.63, 3.8) is 0 Å². The van der Waals surface area contributed by atoms with E-state index in [4.69, 9.17) is 4.74 Å². The van der Waals surface area contributed by atoms with Crippen LogP contribution in [0.2, 0.25) is 0 Å². The average molecular weight is 313 g/mol. The fourth-order valence-corrected chi connectivity index (χ4v) is 2.86. The van der Waals surface area contributed by atoms with Gasteiger partial charge in [-0.1, -0.05) is 0 Å². The van der Waals surface area contributed by atoms with Gasteiger partial charge in [0.25, 0.3) is 0 Å². The molecule has 0 unspecified atom stereocenters. The largest absolute Gasteiger partial charge is 0.384 e. The van der Waals surface area contributed by atoms with Crippen molar-refractivity contribution >= 4 is 17.4 Å². The van der Waals surface area contributed by atoms with E-state index in [1.807, 2.05) is 6.07 Å². The van der Waals surface area contributed by atoms with Gasteiger partial charge in [0.05, 0.1) is 30.6 Å². The summed E-state index contributed by atoms with van der Waals surface area (Å²) in [5.74, 6) is 0.701. The molecular weight excluding hydrogens is 294 g/mol. The van der Waals surface area contributed by atoms with Gasteiger partial charge in [-0.25, -0.2) is 4.98 Å². The second-order valence-electron chi connectivity index (χ2n) is 5.52. The molecule has 1 saturated heterocycles. The number of carbonyl (C=O) groups is 1. The molecule has 2 aromatic rings. The molecule has 1 fully saturated rings. The Hall–Kier alpha value is -2.54. The summed E-state index contributed by atoms with van der Waals surface area (Å²) in [5, 5.41) is 2.92. The summed E-state index contributed by atoms with van der Waals surface area (Å²) >= 11 is 0. The predicted molar refractivity (Wildman–Crippen MR) is 86.0 cm³/mol. The highest BCUT2D eigenvalue weighted by Crippen LogP contribution is 2.28. The monoisotopic (exact) mass is 313 g/mol. The molecule has 3 heterocycles. The highest BCUT2D eigenvalue weighted by atomic mass is 16.5. The minimum absolute atomic E-state index is 0.0218. The number of pyridine rings is 1. The van der Waals surface area contributed by atoms with E-state index < -0.39 is 0 Å². The van der Waals surface area contributed by atoms with Crippen molar-refractivity contribution in [3.05, 3.63) is 43.1 Å². The van der Waals surface area contributed by atoms with E-state index in [0.29, 0.717) is 18.8 Å². The smallest absolute Gasteiger partial charge is 0.229 e. The summed E-state index contributed by atoms with van der Waals surface area (Å²) in [5.41, 5.74) is 0.701. The zero-order chi connectivity index (χ0) is 16.1. The van der Waals surface area contributed by atoms with Gasteiger partial charge in [-0.2, -0.15) is 0 Å². The van der Waals surface area contributed by atoms with Gasteiger partial charge in [-0.3, -0.25) is 14.8 Å². The molecule has 1 amide bonds. The molecule has 7 heteroatoms. The lowest BCUT2D eigenvalue weighted by atomic mass is 9.96. The van der Waals surface area contributed by atoms with Crippen molar-refractivity contribution in [2.75, 3.05) is 37.0 Å². The Morgan fingerprint density at radius 1 is 1.30 bits per heavy atom. The number of hydrogen-bond acceptors (Lipinski definition) is 6. The van der Waals surface area contributed by atoms with Gasteiger partial charge >= 0.3 is 0 Å². The molecule has 1 aliphatic rings. The second-order valence-corrected chi connectivity index (χ2v) is 5.52. The highest BCUT2D eigenvalue weighted by molar-refractivity contribution is 5.93. The van der Waals surface area contributed by atoms with Crippen LogP contribution in [0, 0.1) is 11.8 Å². The molecule has 2 atom stereocenters. The molecule has 23 heavy (non-hydrogen) atoms. The van der Waals surface area contributed by atoms with Crippen molar-refractivity contribution in [1.82, 2.24) is 15.0 Å². The standard InChI is InChI=1S/C16H19N5O2/c1-23-11-12-9-21(15-8-18-5-6-19-15)10-14(12)16(22)20-13-3-2-4-17-7-13/h2-8,12,14H,9-11H2,1H3,(H,20,22)/t12-,14+/m0/s1. The Bertz CT molecular complexity index is 637. The summed E-state index contributed by atoms with van der Waals surface area (Å²) in [7, 11) is 1.65. The van der Waals surface area contributed by atoms with Crippen molar-refractivity contribution in [3.8, 4) is 0 Å². The summed E-state index contributed by atoms with van der Waals surface area (Å²) in [6.07, 6.45) is 8.32. The first-order valence-corrected chi connectivity index (χ1v) is 7.48. The van der Waals surface area contributed by atoms with Crippen LogP contribution in [0.4, 0.5) is 11.5 Å². The molecule has 0 aliphatic carbocycles. The average Bonchev–Trinajstić information content (AvgIpc) is 3.01. The minimum Gasteiger partial charge on any atom is -0.384 e. The third kappa shape index (κ3) is 3.62. The fourth-order valence-electron chi connectivity index (χ4n) is 2.86. The van der Waals surface area contributed by atoms with Crippen molar-refractivity contribution < 1.29 is 9.53 Å². The van der Waals surface area contributed by atoms with E-state index in [2.05, 4.69) is 25.2 Å². The van der Waals surface area contributed by atoms with Crippen molar-refractivity contribution in [1.29, 1.82) is 0 Å². The van der Waals surface area contributed by atoms with E-state index in [-0.39, 0.29) is 17.7 Å². The first kappa shape index (κ1) is 15.4. The number of rotatable bonds is 5. The number of methoxy groups -OCH3 is 1. The van der Waals surface area contributed by atoms with Crippen LogP contribution in [0.25, 0.3) is 0 Å². The Kier molecular flexibility index (Phi) is 4.77. The molecule has 1 aliphatic heterocycles. The minimum atomic E-state index is -0.169. The summed E-state index contributed by atoms with van der Waals surface area (Å²) in [6, 6.07) is 3.62. The van der Waals surface area contributed by atoms with Gasteiger partial charge in [-0.05, 0) is 12.1 Å². The van der Waals surface area contributed by atoms with Crippen LogP contribution < -0.4 is 10.2 Å². The van der Waals surface area contributed by atoms with Crippen molar-refractivity contribution in [2.45, 2.75) is 0 Å². The molecule has 0 saturated carbocycles. The SMILES string of the molecule is COC[C@@H]1CN(c2cnccn2)C[C@H]1C(=O)Nc1cccnc1. The molecule has 2 aromatic heterocycles. The fraction of sp³-hybridized carbons (Fsp3) is 0.375. The number of ether oxygens (including phenoxy) is 1. The maximum Gasteiger partial charge on any atom is 0.229 e. The topological polar surface area (TPSA) is 80.2 Å². The lowest BCUT2D eigenvalue weighted by Crippen LogP contribution is -2.31. The highest BCUT2D eigenvalue weighted by Gasteiger charge is 2.38. The number of amides is 1. The van der Waals surface area contributed by atoms with Crippen LogP contribution in [0.15, 0.2) is 43.1 Å². The third-order valence-electron chi connectivity index (χ3n) is 3.96. The predicted octanol–water partition coefficient (Wildman–Crippen LogP) is 1.21. The van der Waals surface area contributed by atoms with Crippen LogP contribution in [0.3, 0.4) is 0 Å². The van der Waals surface area contributed by atoms with Gasteiger partial charge in [-0.15, -0.1) is 0 Å². The second kappa shape index (κ2) is 7.15. The Labute approximate surface area is 134 Å². The molecule has 0 bridgehead atoms. The van der Waals surface area contributed by atoms with Crippen molar-refractivity contribution in [2.24, 2.45) is 11.8 Å². The van der Waals surface area contributed by atoms with Gasteiger partial charge < -0.3 is 15.0 Å². The number of nitrogens with one attached hydrogen (secondary N) is 1. The number of nitrogens with zero attached hydrogens (tertiary/aromatic N) is 4. The van der Waals surface area contributed by atoms with E-state index >= 15 is 0 Å². The molecule has 3 rings (SSSR count). The first-order chi connectivity index (χ1) is 11.3. The summed E-state index contributed by atoms with van der Waals surface area (Å²) < 4.78 is 5.29. The lowest BCUT2D eigenvalue weighted by Gasteiger charge is -2.16. The van der Waals surface area contributed by atoms with Crippen LogP contribution in [0.5, 0.6) is 0 Å². The zero-order valence-electron chi connectivity index (χ0n) is 12.9. The van der Waals surface area contributed by atoms with Gasteiger partial charge in [0.2, 0.25) is 5.91 Å². The van der Waals surface area contributed by atoms with Crippen LogP contribution in [0.1, 0.15) is 0 Å². The summed E-state index contributed by atoms with van der Waals surface area (Å²) in [4.78, 5) is 27.1. The summed E-state index contributed by atoms with van der Waals surface area (Å²) in [6.45, 7) is 1.85. The Balaban J connectivity index is 1.72. The molecule has 1 N–H and O–H groups in total. The quantitative estimate of drug-likeness (QED) is 0.893. The maximum absolute atomic E-state index is 12.6. The molecule has 120 valence electrons. The normalized spacial score (nSPS) is 20.5. The number of anilines is 2. The third-order valence-corrected chi connectivity index (χ3v) is 3.96. The molecule has 0 spiro atoms. The Morgan fingerprint density at radius 3 is 2.87 bits per heavy atom. The van der Waals surface area contributed by atoms with Crippen LogP contribution in [-0.2, 0) is 9.53 Å². The van der Waals surface area contributed by atoms with Gasteiger partial charge in [0, 0.05) is 44.7 Å². The van der Waals surface area contributed by atoms with E-state index in [1.165, 1.54) is 0 Å². The van der Waals surface area contributed by atoms with Crippen LogP contribution in [-0.4, -0.2) is 47.7 Å². The van der Waals surface area contributed by atoms with E-state index in [9.17, 15) is 4.79 Å². The van der Waals surface area contributed by atoms with Gasteiger partial charge in [0.1, 0.15) is 5.82 Å². The van der Waals surface area contributed by atoms with Gasteiger partial charge in [0.15, 0.2) is 0 Å². The zero-order valence-corrected chi connectivity index (χ0v) is 12.9. The maximum atomic E-state index is 12.6. The van der Waals surface area contributed by atoms with E-state index in [0.717, 1.165) is 12.4 Å². The first-order valence-electron chi connectivity index (χ1n) is 7.48. The molecule has 0 aromatic carbocycles. The molecule has 7 nitrogen and oxygen atoms in total. The Morgan fingerprint density at radius 2 is 2.17 bits per heavy atom.